The topological polar surface area (TPSA) is 72.8 Å². The summed E-state index contributed by atoms with van der Waals surface area (Å²) in [5, 5.41) is 10.1. The van der Waals surface area contributed by atoms with Crippen molar-refractivity contribution < 1.29 is 24.2 Å². The van der Waals surface area contributed by atoms with Gasteiger partial charge in [0, 0.05) is 11.6 Å². The fraction of sp³-hybridized carbons (Fsp3) is 0.200. The lowest BCUT2D eigenvalue weighted by Crippen LogP contribution is -2.12. The van der Waals surface area contributed by atoms with Crippen molar-refractivity contribution in [2.24, 2.45) is 0 Å². The van der Waals surface area contributed by atoms with Gasteiger partial charge in [0.05, 0.1) is 17.2 Å². The summed E-state index contributed by atoms with van der Waals surface area (Å²) < 4.78 is 10.4. The van der Waals surface area contributed by atoms with Gasteiger partial charge in [-0.3, -0.25) is 4.79 Å². The number of benzene rings is 2. The Morgan fingerprint density at radius 3 is 2.36 bits per heavy atom. The first-order valence-electron chi connectivity index (χ1n) is 7.85. The van der Waals surface area contributed by atoms with E-state index in [9.17, 15) is 14.7 Å². The second-order valence-corrected chi connectivity index (χ2v) is 5.75. The molecule has 0 aliphatic rings. The first kappa shape index (κ1) is 18.3. The van der Waals surface area contributed by atoms with Gasteiger partial charge in [0.2, 0.25) is 0 Å². The van der Waals surface area contributed by atoms with Gasteiger partial charge in [-0.2, -0.15) is 0 Å². The van der Waals surface area contributed by atoms with Crippen LogP contribution < -0.4 is 4.74 Å². The van der Waals surface area contributed by atoms with E-state index >= 15 is 0 Å². The van der Waals surface area contributed by atoms with Crippen LogP contribution in [-0.2, 0) is 9.53 Å². The molecule has 0 unspecified atom stereocenters. The first-order valence-corrected chi connectivity index (χ1v) is 7.85. The van der Waals surface area contributed by atoms with Crippen LogP contribution in [0, 0.1) is 0 Å². The Balaban J connectivity index is 2.12. The van der Waals surface area contributed by atoms with Crippen LogP contribution in [0.3, 0.4) is 0 Å². The molecule has 0 aromatic heterocycles. The molecule has 2 aromatic rings. The number of phenols is 1. The van der Waals surface area contributed by atoms with Crippen molar-refractivity contribution in [2.45, 2.75) is 26.9 Å². The molecule has 0 saturated heterocycles. The number of carbonyl (C=O) groups excluding carboxylic acids is 2. The number of esters is 1. The highest BCUT2D eigenvalue weighted by molar-refractivity contribution is 6.10. The van der Waals surface area contributed by atoms with E-state index in [2.05, 4.69) is 0 Å². The highest BCUT2D eigenvalue weighted by Crippen LogP contribution is 2.26. The fourth-order valence-corrected chi connectivity index (χ4v) is 2.03. The van der Waals surface area contributed by atoms with Crippen molar-refractivity contribution in [1.82, 2.24) is 0 Å². The lowest BCUT2D eigenvalue weighted by Gasteiger charge is -2.09. The van der Waals surface area contributed by atoms with Gasteiger partial charge in [-0.1, -0.05) is 30.3 Å². The standard InChI is InChI=1S/C20H20O5/c1-13(2)25-20(23)14(3)12-24-16-9-10-17(18(21)11-16)19(22)15-7-5-4-6-8-15/h4-13,21H,1-3H3. The monoisotopic (exact) mass is 340 g/mol. The van der Waals surface area contributed by atoms with Crippen molar-refractivity contribution in [2.75, 3.05) is 0 Å². The van der Waals surface area contributed by atoms with Crippen LogP contribution in [0.1, 0.15) is 36.7 Å². The predicted molar refractivity (Wildman–Crippen MR) is 93.6 cm³/mol. The summed E-state index contributed by atoms with van der Waals surface area (Å²) >= 11 is 0. The molecule has 0 amide bonds. The zero-order valence-corrected chi connectivity index (χ0v) is 14.4. The van der Waals surface area contributed by atoms with Crippen molar-refractivity contribution in [3.05, 3.63) is 71.5 Å². The smallest absolute Gasteiger partial charge is 0.337 e. The van der Waals surface area contributed by atoms with Gasteiger partial charge in [-0.25, -0.2) is 4.79 Å². The summed E-state index contributed by atoms with van der Waals surface area (Å²) in [4.78, 5) is 24.0. The predicted octanol–water partition coefficient (Wildman–Crippen LogP) is 3.86. The van der Waals surface area contributed by atoms with Crippen LogP contribution in [-0.4, -0.2) is 23.0 Å². The van der Waals surface area contributed by atoms with E-state index in [1.807, 2.05) is 6.07 Å². The third kappa shape index (κ3) is 4.94. The highest BCUT2D eigenvalue weighted by Gasteiger charge is 2.14. The van der Waals surface area contributed by atoms with Crippen LogP contribution >= 0.6 is 0 Å². The average molecular weight is 340 g/mol. The van der Waals surface area contributed by atoms with Gasteiger partial charge in [0.1, 0.15) is 17.8 Å². The molecular weight excluding hydrogens is 320 g/mol. The zero-order chi connectivity index (χ0) is 18.4. The third-order valence-electron chi connectivity index (χ3n) is 3.29. The molecule has 0 saturated carbocycles. The molecule has 25 heavy (non-hydrogen) atoms. The third-order valence-corrected chi connectivity index (χ3v) is 3.29. The van der Waals surface area contributed by atoms with Gasteiger partial charge >= 0.3 is 5.97 Å². The second kappa shape index (κ2) is 8.15. The van der Waals surface area contributed by atoms with E-state index < -0.39 is 5.97 Å². The number of phenolic OH excluding ortho intramolecular Hbond substituents is 1. The molecule has 2 rings (SSSR count). The molecule has 0 atom stereocenters. The maximum atomic E-state index is 12.4. The Morgan fingerprint density at radius 1 is 1.08 bits per heavy atom. The molecule has 5 nitrogen and oxygen atoms in total. The Bertz CT molecular complexity index is 791. The maximum absolute atomic E-state index is 12.4. The lowest BCUT2D eigenvalue weighted by atomic mass is 10.0. The summed E-state index contributed by atoms with van der Waals surface area (Å²) in [5.41, 5.74) is 0.953. The van der Waals surface area contributed by atoms with E-state index in [-0.39, 0.29) is 28.8 Å². The minimum Gasteiger partial charge on any atom is -0.507 e. The quantitative estimate of drug-likeness (QED) is 0.374. The van der Waals surface area contributed by atoms with Crippen molar-refractivity contribution in [3.8, 4) is 11.5 Å². The Kier molecular flexibility index (Phi) is 5.95. The van der Waals surface area contributed by atoms with Gasteiger partial charge in [0.15, 0.2) is 5.78 Å². The summed E-state index contributed by atoms with van der Waals surface area (Å²) in [6.07, 6.45) is 1.03. The lowest BCUT2D eigenvalue weighted by molar-refractivity contribution is -0.142. The van der Waals surface area contributed by atoms with Gasteiger partial charge in [-0.15, -0.1) is 0 Å². The van der Waals surface area contributed by atoms with Gasteiger partial charge < -0.3 is 14.6 Å². The molecular formula is C20H20O5. The maximum Gasteiger partial charge on any atom is 0.337 e. The Hall–Kier alpha value is -3.08. The van der Waals surface area contributed by atoms with Crippen molar-refractivity contribution in [1.29, 1.82) is 0 Å². The molecule has 0 fully saturated rings. The van der Waals surface area contributed by atoms with Crippen LogP contribution in [0.15, 0.2) is 60.4 Å². The SMILES string of the molecule is CC(=COc1ccc(C(=O)c2ccccc2)c(O)c1)C(=O)OC(C)C. The van der Waals surface area contributed by atoms with Crippen LogP contribution in [0.25, 0.3) is 0 Å². The largest absolute Gasteiger partial charge is 0.507 e. The number of carbonyl (C=O) groups is 2. The molecule has 0 bridgehead atoms. The van der Waals surface area contributed by atoms with Gasteiger partial charge in [0.25, 0.3) is 0 Å². The highest BCUT2D eigenvalue weighted by atomic mass is 16.5. The molecule has 2 aromatic carbocycles. The fourth-order valence-electron chi connectivity index (χ4n) is 2.03. The van der Waals surface area contributed by atoms with Crippen LogP contribution in [0.5, 0.6) is 11.5 Å². The molecule has 5 heteroatoms. The van der Waals surface area contributed by atoms with Crippen molar-refractivity contribution >= 4 is 11.8 Å². The summed E-state index contributed by atoms with van der Waals surface area (Å²) in [7, 11) is 0. The minimum absolute atomic E-state index is 0.179. The van der Waals surface area contributed by atoms with Crippen molar-refractivity contribution in [3.63, 3.8) is 0 Å². The summed E-state index contributed by atoms with van der Waals surface area (Å²) in [5.74, 6) is -0.645. The second-order valence-electron chi connectivity index (χ2n) is 5.75. The number of aromatic hydroxyl groups is 1. The molecule has 1 N–H and O–H groups in total. The average Bonchev–Trinajstić information content (AvgIpc) is 2.59. The molecule has 0 aliphatic heterocycles. The normalized spacial score (nSPS) is 11.3. The first-order chi connectivity index (χ1) is 11.9. The molecule has 130 valence electrons. The Morgan fingerprint density at radius 2 is 1.76 bits per heavy atom. The number of ketones is 1. The van der Waals surface area contributed by atoms with E-state index in [4.69, 9.17) is 9.47 Å². The van der Waals surface area contributed by atoms with E-state index in [1.54, 1.807) is 51.1 Å². The molecule has 0 radical (unpaired) electrons. The van der Waals surface area contributed by atoms with E-state index in [1.165, 1.54) is 18.4 Å². The number of rotatable bonds is 6. The molecule has 0 spiro atoms. The molecule has 0 heterocycles. The molecule has 0 aliphatic carbocycles. The van der Waals surface area contributed by atoms with Crippen LogP contribution in [0.4, 0.5) is 0 Å². The zero-order valence-electron chi connectivity index (χ0n) is 14.4. The number of hydrogen-bond acceptors (Lipinski definition) is 5. The van der Waals surface area contributed by atoms with E-state index in [0.29, 0.717) is 11.3 Å². The number of ether oxygens (including phenoxy) is 2. The Labute approximate surface area is 146 Å². The van der Waals surface area contributed by atoms with E-state index in [0.717, 1.165) is 0 Å². The summed E-state index contributed by atoms with van der Waals surface area (Å²) in [6, 6.07) is 13.0. The van der Waals surface area contributed by atoms with Gasteiger partial charge in [-0.05, 0) is 32.9 Å². The van der Waals surface area contributed by atoms with Crippen LogP contribution in [0.2, 0.25) is 0 Å². The number of hydrogen-bond donors (Lipinski definition) is 1. The summed E-state index contributed by atoms with van der Waals surface area (Å²) in [6.45, 7) is 5.08. The minimum atomic E-state index is -0.477.